The van der Waals surface area contributed by atoms with Crippen LogP contribution in [0.3, 0.4) is 0 Å². The van der Waals surface area contributed by atoms with Gasteiger partial charge in [-0.15, -0.1) is 0 Å². The molecule has 0 bridgehead atoms. The highest BCUT2D eigenvalue weighted by molar-refractivity contribution is 5.74. The maximum absolute atomic E-state index is 14.0. The molecule has 0 fully saturated rings. The van der Waals surface area contributed by atoms with Crippen molar-refractivity contribution in [1.82, 2.24) is 0 Å². The highest BCUT2D eigenvalue weighted by Gasteiger charge is 2.20. The van der Waals surface area contributed by atoms with E-state index in [9.17, 15) is 13.2 Å². The second-order valence-corrected chi connectivity index (χ2v) is 4.65. The van der Waals surface area contributed by atoms with Gasteiger partial charge >= 0.3 is 0 Å². The molecule has 0 heterocycles. The Morgan fingerprint density at radius 3 is 1.24 bits per heavy atom. The van der Waals surface area contributed by atoms with Crippen LogP contribution in [0.5, 0.6) is 0 Å². The van der Waals surface area contributed by atoms with E-state index in [0.29, 0.717) is 11.1 Å². The highest BCUT2D eigenvalue weighted by atomic mass is 19.2. The van der Waals surface area contributed by atoms with Crippen LogP contribution in [-0.4, -0.2) is 0 Å². The predicted octanol–water partition coefficient (Wildman–Crippen LogP) is 5.44. The predicted molar refractivity (Wildman–Crippen MR) is 77.2 cm³/mol. The lowest BCUT2D eigenvalue weighted by Crippen LogP contribution is -1.98. The van der Waals surface area contributed by atoms with Crippen LogP contribution in [0.2, 0.25) is 0 Å². The van der Waals surface area contributed by atoms with Crippen LogP contribution in [0.1, 0.15) is 0 Å². The van der Waals surface area contributed by atoms with Crippen molar-refractivity contribution in [2.45, 2.75) is 0 Å². The van der Waals surface area contributed by atoms with Crippen molar-refractivity contribution < 1.29 is 13.2 Å². The standard InChI is InChI=1S/C18H11F3/c19-16-14(12-7-3-1-4-8-12)11-15(17(20)18(16)21)13-9-5-2-6-10-13/h1-11H. The van der Waals surface area contributed by atoms with Crippen molar-refractivity contribution in [3.8, 4) is 22.3 Å². The summed E-state index contributed by atoms with van der Waals surface area (Å²) in [6, 6.07) is 18.4. The Kier molecular flexibility index (Phi) is 3.48. The maximum Gasteiger partial charge on any atom is 0.195 e. The Bertz CT molecular complexity index is 702. The molecule has 0 spiro atoms. The van der Waals surface area contributed by atoms with E-state index in [1.54, 1.807) is 60.7 Å². The van der Waals surface area contributed by atoms with Gasteiger partial charge in [-0.05, 0) is 17.2 Å². The lowest BCUT2D eigenvalue weighted by atomic mass is 9.97. The van der Waals surface area contributed by atoms with Crippen molar-refractivity contribution in [2.24, 2.45) is 0 Å². The Hall–Kier alpha value is -2.55. The fraction of sp³-hybridized carbons (Fsp3) is 0. The summed E-state index contributed by atoms with van der Waals surface area (Å²) in [6.45, 7) is 0. The smallest absolute Gasteiger partial charge is 0.195 e. The SMILES string of the molecule is Fc1c(-c2ccccc2)cc(-c2ccccc2)c(F)c1F. The number of rotatable bonds is 2. The van der Waals surface area contributed by atoms with E-state index in [1.807, 2.05) is 0 Å². The Morgan fingerprint density at radius 1 is 0.476 bits per heavy atom. The molecule has 0 atom stereocenters. The molecule has 0 N–H and O–H groups in total. The summed E-state index contributed by atoms with van der Waals surface area (Å²) in [4.78, 5) is 0. The molecule has 3 aromatic carbocycles. The first-order valence-electron chi connectivity index (χ1n) is 6.47. The quantitative estimate of drug-likeness (QED) is 0.550. The molecule has 0 unspecified atom stereocenters. The molecule has 0 aromatic heterocycles. The largest absolute Gasteiger partial charge is 0.203 e. The van der Waals surface area contributed by atoms with Gasteiger partial charge in [0.15, 0.2) is 17.5 Å². The zero-order chi connectivity index (χ0) is 14.8. The van der Waals surface area contributed by atoms with E-state index in [2.05, 4.69) is 0 Å². The molecule has 0 aliphatic carbocycles. The Balaban J connectivity index is 2.26. The molecule has 3 aromatic rings. The second kappa shape index (κ2) is 5.44. The normalized spacial score (nSPS) is 10.6. The van der Waals surface area contributed by atoms with E-state index in [0.717, 1.165) is 0 Å². The average Bonchev–Trinajstić information content (AvgIpc) is 2.55. The van der Waals surface area contributed by atoms with Crippen molar-refractivity contribution in [1.29, 1.82) is 0 Å². The summed E-state index contributed by atoms with van der Waals surface area (Å²) < 4.78 is 41.9. The van der Waals surface area contributed by atoms with Crippen LogP contribution in [0.25, 0.3) is 22.3 Å². The third kappa shape index (κ3) is 2.42. The van der Waals surface area contributed by atoms with Gasteiger partial charge in [-0.1, -0.05) is 60.7 Å². The maximum atomic E-state index is 14.0. The van der Waals surface area contributed by atoms with Crippen LogP contribution >= 0.6 is 0 Å². The van der Waals surface area contributed by atoms with Crippen molar-refractivity contribution in [3.05, 3.63) is 84.2 Å². The first-order chi connectivity index (χ1) is 10.2. The minimum absolute atomic E-state index is 0.0494. The fourth-order valence-corrected chi connectivity index (χ4v) is 2.26. The van der Waals surface area contributed by atoms with E-state index in [1.165, 1.54) is 6.07 Å². The Labute approximate surface area is 120 Å². The van der Waals surface area contributed by atoms with Crippen LogP contribution in [0, 0.1) is 17.5 Å². The molecule has 0 nitrogen and oxygen atoms in total. The minimum Gasteiger partial charge on any atom is -0.203 e. The van der Waals surface area contributed by atoms with E-state index < -0.39 is 17.5 Å². The van der Waals surface area contributed by atoms with Gasteiger partial charge in [0.05, 0.1) is 0 Å². The van der Waals surface area contributed by atoms with Gasteiger partial charge in [0.2, 0.25) is 0 Å². The van der Waals surface area contributed by atoms with Crippen LogP contribution in [0.15, 0.2) is 66.7 Å². The first-order valence-corrected chi connectivity index (χ1v) is 6.47. The molecule has 21 heavy (non-hydrogen) atoms. The van der Waals surface area contributed by atoms with Gasteiger partial charge in [-0.2, -0.15) is 0 Å². The summed E-state index contributed by atoms with van der Waals surface area (Å²) in [7, 11) is 0. The third-order valence-corrected chi connectivity index (χ3v) is 3.32. The van der Waals surface area contributed by atoms with E-state index in [-0.39, 0.29) is 11.1 Å². The fourth-order valence-electron chi connectivity index (χ4n) is 2.26. The molecular weight excluding hydrogens is 273 g/mol. The number of benzene rings is 3. The van der Waals surface area contributed by atoms with Crippen LogP contribution < -0.4 is 0 Å². The van der Waals surface area contributed by atoms with Crippen molar-refractivity contribution >= 4 is 0 Å². The monoisotopic (exact) mass is 284 g/mol. The molecule has 0 saturated heterocycles. The summed E-state index contributed by atoms with van der Waals surface area (Å²) >= 11 is 0. The third-order valence-electron chi connectivity index (χ3n) is 3.32. The summed E-state index contributed by atoms with van der Waals surface area (Å²) in [5.41, 5.74) is 1.11. The summed E-state index contributed by atoms with van der Waals surface area (Å²) in [5, 5.41) is 0. The molecule has 3 rings (SSSR count). The first kappa shape index (κ1) is 13.4. The van der Waals surface area contributed by atoms with E-state index >= 15 is 0 Å². The van der Waals surface area contributed by atoms with Gasteiger partial charge < -0.3 is 0 Å². The van der Waals surface area contributed by atoms with Gasteiger partial charge in [0.25, 0.3) is 0 Å². The van der Waals surface area contributed by atoms with E-state index in [4.69, 9.17) is 0 Å². The number of hydrogen-bond acceptors (Lipinski definition) is 0. The zero-order valence-corrected chi connectivity index (χ0v) is 11.0. The van der Waals surface area contributed by atoms with Gasteiger partial charge in [0, 0.05) is 11.1 Å². The van der Waals surface area contributed by atoms with Gasteiger partial charge in [-0.3, -0.25) is 0 Å². The van der Waals surface area contributed by atoms with Gasteiger partial charge in [0.1, 0.15) is 0 Å². The summed E-state index contributed by atoms with van der Waals surface area (Å²) in [6.07, 6.45) is 0. The lowest BCUT2D eigenvalue weighted by molar-refractivity contribution is 0.451. The molecule has 0 amide bonds. The zero-order valence-electron chi connectivity index (χ0n) is 11.0. The molecule has 0 saturated carbocycles. The summed E-state index contributed by atoms with van der Waals surface area (Å²) in [5.74, 6) is -3.79. The van der Waals surface area contributed by atoms with Crippen molar-refractivity contribution in [2.75, 3.05) is 0 Å². The molecule has 0 aliphatic rings. The highest BCUT2D eigenvalue weighted by Crippen LogP contribution is 2.33. The molecular formula is C18H11F3. The molecule has 104 valence electrons. The second-order valence-electron chi connectivity index (χ2n) is 4.65. The van der Waals surface area contributed by atoms with Crippen molar-refractivity contribution in [3.63, 3.8) is 0 Å². The number of halogens is 3. The Morgan fingerprint density at radius 2 is 0.857 bits per heavy atom. The molecule has 0 aliphatic heterocycles. The van der Waals surface area contributed by atoms with Gasteiger partial charge in [-0.25, -0.2) is 13.2 Å². The molecule has 0 radical (unpaired) electrons. The minimum atomic E-state index is -1.45. The average molecular weight is 284 g/mol. The van der Waals surface area contributed by atoms with Crippen LogP contribution in [-0.2, 0) is 0 Å². The number of hydrogen-bond donors (Lipinski definition) is 0. The topological polar surface area (TPSA) is 0 Å². The lowest BCUT2D eigenvalue weighted by Gasteiger charge is -2.10. The van der Waals surface area contributed by atoms with Crippen LogP contribution in [0.4, 0.5) is 13.2 Å². The molecule has 3 heteroatoms.